The molecule has 1 amide bonds. The first-order chi connectivity index (χ1) is 9.08. The summed E-state index contributed by atoms with van der Waals surface area (Å²) in [7, 11) is 0. The summed E-state index contributed by atoms with van der Waals surface area (Å²) in [6.45, 7) is 1.86. The zero-order chi connectivity index (χ0) is 13.8. The molecule has 3 nitrogen and oxygen atoms in total. The molecule has 1 aromatic carbocycles. The van der Waals surface area contributed by atoms with Crippen molar-refractivity contribution in [1.82, 2.24) is 10.3 Å². The average Bonchev–Trinajstić information content (AvgIpc) is 2.39. The normalized spacial score (nSPS) is 11.9. The zero-order valence-corrected chi connectivity index (χ0v) is 11.7. The minimum Gasteiger partial charge on any atom is -0.345 e. The number of nitrogens with zero attached hydrogens (tertiary/aromatic N) is 1. The Balaban J connectivity index is 2.13. The molecule has 1 aromatic heterocycles. The summed E-state index contributed by atoms with van der Waals surface area (Å²) < 4.78 is 0. The lowest BCUT2D eigenvalue weighted by Gasteiger charge is -2.15. The second-order valence-electron chi connectivity index (χ2n) is 4.10. The van der Waals surface area contributed by atoms with Crippen molar-refractivity contribution in [2.24, 2.45) is 0 Å². The van der Waals surface area contributed by atoms with Crippen LogP contribution in [0.2, 0.25) is 10.0 Å². The molecule has 0 radical (unpaired) electrons. The molecule has 0 fully saturated rings. The summed E-state index contributed by atoms with van der Waals surface area (Å²) in [4.78, 5) is 15.9. The number of carbonyl (C=O) groups excluding carboxylic acids is 1. The van der Waals surface area contributed by atoms with Crippen molar-refractivity contribution in [3.8, 4) is 0 Å². The molecule has 0 saturated heterocycles. The summed E-state index contributed by atoms with van der Waals surface area (Å²) in [5, 5.41) is 3.97. The number of amides is 1. The van der Waals surface area contributed by atoms with Crippen LogP contribution in [-0.2, 0) is 0 Å². The van der Waals surface area contributed by atoms with Crippen molar-refractivity contribution in [1.29, 1.82) is 0 Å². The van der Waals surface area contributed by atoms with Crippen LogP contribution in [0.25, 0.3) is 0 Å². The van der Waals surface area contributed by atoms with Gasteiger partial charge < -0.3 is 5.32 Å². The molecule has 0 aliphatic rings. The van der Waals surface area contributed by atoms with Crippen LogP contribution in [0.3, 0.4) is 0 Å². The number of halogens is 2. The molecular formula is C14H12Cl2N2O. The SMILES string of the molecule is CC(NC(=O)c1cccnc1)c1ccc(Cl)cc1Cl. The van der Waals surface area contributed by atoms with E-state index in [0.717, 1.165) is 5.56 Å². The van der Waals surface area contributed by atoms with Gasteiger partial charge in [-0.15, -0.1) is 0 Å². The predicted octanol–water partition coefficient (Wildman–Crippen LogP) is 3.88. The molecule has 0 aliphatic heterocycles. The molecule has 2 aromatic rings. The third-order valence-electron chi connectivity index (χ3n) is 2.70. The fourth-order valence-corrected chi connectivity index (χ4v) is 2.28. The Morgan fingerprint density at radius 1 is 1.32 bits per heavy atom. The number of pyridine rings is 1. The van der Waals surface area contributed by atoms with Gasteiger partial charge >= 0.3 is 0 Å². The third-order valence-corrected chi connectivity index (χ3v) is 3.26. The Bertz CT molecular complexity index is 587. The average molecular weight is 295 g/mol. The van der Waals surface area contributed by atoms with Crippen LogP contribution < -0.4 is 5.32 Å². The minimum absolute atomic E-state index is 0.188. The van der Waals surface area contributed by atoms with Crippen molar-refractivity contribution in [3.05, 3.63) is 63.9 Å². The first kappa shape index (κ1) is 13.8. The highest BCUT2D eigenvalue weighted by atomic mass is 35.5. The van der Waals surface area contributed by atoms with Crippen molar-refractivity contribution in [3.63, 3.8) is 0 Å². The van der Waals surface area contributed by atoms with Gasteiger partial charge in [0.2, 0.25) is 0 Å². The minimum atomic E-state index is -0.211. The van der Waals surface area contributed by atoms with Crippen molar-refractivity contribution in [2.45, 2.75) is 13.0 Å². The first-order valence-corrected chi connectivity index (χ1v) is 6.49. The highest BCUT2D eigenvalue weighted by Gasteiger charge is 2.14. The lowest BCUT2D eigenvalue weighted by molar-refractivity contribution is 0.0939. The van der Waals surface area contributed by atoms with E-state index >= 15 is 0 Å². The second-order valence-corrected chi connectivity index (χ2v) is 4.95. The molecule has 1 unspecified atom stereocenters. The van der Waals surface area contributed by atoms with E-state index in [1.165, 1.54) is 6.20 Å². The van der Waals surface area contributed by atoms with Crippen molar-refractivity contribution < 1.29 is 4.79 Å². The van der Waals surface area contributed by atoms with Crippen LogP contribution in [-0.4, -0.2) is 10.9 Å². The quantitative estimate of drug-likeness (QED) is 0.933. The molecule has 1 N–H and O–H groups in total. The maximum Gasteiger partial charge on any atom is 0.253 e. The second kappa shape index (κ2) is 6.04. The predicted molar refractivity (Wildman–Crippen MR) is 76.6 cm³/mol. The molecule has 0 bridgehead atoms. The van der Waals surface area contributed by atoms with E-state index in [4.69, 9.17) is 23.2 Å². The van der Waals surface area contributed by atoms with Gasteiger partial charge in [0.25, 0.3) is 5.91 Å². The molecule has 0 spiro atoms. The molecule has 5 heteroatoms. The number of benzene rings is 1. The summed E-state index contributed by atoms with van der Waals surface area (Å²) in [6.07, 6.45) is 3.14. The molecule has 0 saturated carbocycles. The van der Waals surface area contributed by atoms with E-state index < -0.39 is 0 Å². The first-order valence-electron chi connectivity index (χ1n) is 5.74. The van der Waals surface area contributed by atoms with E-state index in [1.54, 1.807) is 36.5 Å². The molecule has 19 heavy (non-hydrogen) atoms. The maximum atomic E-state index is 12.0. The van der Waals surface area contributed by atoms with E-state index in [1.807, 2.05) is 6.92 Å². The number of aromatic nitrogens is 1. The van der Waals surface area contributed by atoms with Crippen molar-refractivity contribution >= 4 is 29.1 Å². The van der Waals surface area contributed by atoms with Gasteiger partial charge in [-0.2, -0.15) is 0 Å². The Kier molecular flexibility index (Phi) is 4.40. The summed E-state index contributed by atoms with van der Waals surface area (Å²) >= 11 is 11.9. The lowest BCUT2D eigenvalue weighted by Crippen LogP contribution is -2.26. The Morgan fingerprint density at radius 3 is 2.74 bits per heavy atom. The largest absolute Gasteiger partial charge is 0.345 e. The van der Waals surface area contributed by atoms with Gasteiger partial charge in [-0.25, -0.2) is 0 Å². The monoisotopic (exact) mass is 294 g/mol. The third kappa shape index (κ3) is 3.46. The van der Waals surface area contributed by atoms with Gasteiger partial charge in [-0.1, -0.05) is 29.3 Å². The fourth-order valence-electron chi connectivity index (χ4n) is 1.71. The van der Waals surface area contributed by atoms with E-state index in [9.17, 15) is 4.79 Å². The van der Waals surface area contributed by atoms with Crippen LogP contribution in [0.4, 0.5) is 0 Å². The topological polar surface area (TPSA) is 42.0 Å². The smallest absolute Gasteiger partial charge is 0.253 e. The van der Waals surface area contributed by atoms with Gasteiger partial charge in [-0.05, 0) is 36.8 Å². The van der Waals surface area contributed by atoms with Crippen molar-refractivity contribution in [2.75, 3.05) is 0 Å². The summed E-state index contributed by atoms with van der Waals surface area (Å²) in [6, 6.07) is 8.42. The van der Waals surface area contributed by atoms with Crippen LogP contribution in [0.5, 0.6) is 0 Å². The molecule has 0 aliphatic carbocycles. The fraction of sp³-hybridized carbons (Fsp3) is 0.143. The summed E-state index contributed by atoms with van der Waals surface area (Å²) in [5.74, 6) is -0.188. The summed E-state index contributed by atoms with van der Waals surface area (Å²) in [5.41, 5.74) is 1.34. The van der Waals surface area contributed by atoms with Gasteiger partial charge in [-0.3, -0.25) is 9.78 Å². The molecular weight excluding hydrogens is 283 g/mol. The van der Waals surface area contributed by atoms with Gasteiger partial charge in [0.15, 0.2) is 0 Å². The Labute approximate surface area is 121 Å². The molecule has 2 rings (SSSR count). The van der Waals surface area contributed by atoms with Gasteiger partial charge in [0.1, 0.15) is 0 Å². The number of hydrogen-bond donors (Lipinski definition) is 1. The van der Waals surface area contributed by atoms with Crippen LogP contribution in [0.1, 0.15) is 28.9 Å². The lowest BCUT2D eigenvalue weighted by atomic mass is 10.1. The van der Waals surface area contributed by atoms with E-state index in [0.29, 0.717) is 15.6 Å². The van der Waals surface area contributed by atoms with E-state index in [2.05, 4.69) is 10.3 Å². The van der Waals surface area contributed by atoms with Gasteiger partial charge in [0, 0.05) is 22.4 Å². The highest BCUT2D eigenvalue weighted by molar-refractivity contribution is 6.35. The Morgan fingerprint density at radius 2 is 2.11 bits per heavy atom. The van der Waals surface area contributed by atoms with E-state index in [-0.39, 0.29) is 11.9 Å². The number of rotatable bonds is 3. The van der Waals surface area contributed by atoms with Crippen LogP contribution in [0, 0.1) is 0 Å². The van der Waals surface area contributed by atoms with Crippen LogP contribution >= 0.6 is 23.2 Å². The standard InChI is InChI=1S/C14H12Cl2N2O/c1-9(12-5-4-11(15)7-13(12)16)18-14(19)10-3-2-6-17-8-10/h2-9H,1H3,(H,18,19). The number of carbonyl (C=O) groups is 1. The van der Waals surface area contributed by atoms with Gasteiger partial charge in [0.05, 0.1) is 11.6 Å². The molecule has 1 heterocycles. The zero-order valence-electron chi connectivity index (χ0n) is 10.2. The molecule has 1 atom stereocenters. The van der Waals surface area contributed by atoms with Crippen LogP contribution in [0.15, 0.2) is 42.7 Å². The highest BCUT2D eigenvalue weighted by Crippen LogP contribution is 2.26. The number of nitrogens with one attached hydrogen (secondary N) is 1. The Hall–Kier alpha value is -1.58. The number of hydrogen-bond acceptors (Lipinski definition) is 2. The molecule has 98 valence electrons. The maximum absolute atomic E-state index is 12.0.